The third kappa shape index (κ3) is 8.91. The van der Waals surface area contributed by atoms with Crippen LogP contribution in [0.5, 0.6) is 11.5 Å². The molecular formula is C22H20ClF3N2O9. The van der Waals surface area contributed by atoms with E-state index in [1.54, 1.807) is 6.92 Å². The second-order valence-corrected chi connectivity index (χ2v) is 7.30. The summed E-state index contributed by atoms with van der Waals surface area (Å²) in [5, 5.41) is 14.9. The number of nitro benzene ring substituents is 1. The van der Waals surface area contributed by atoms with Crippen LogP contribution in [0.1, 0.15) is 18.1 Å². The van der Waals surface area contributed by atoms with E-state index in [1.807, 2.05) is 0 Å². The summed E-state index contributed by atoms with van der Waals surface area (Å²) in [5.74, 6) is -1.89. The summed E-state index contributed by atoms with van der Waals surface area (Å²) in [5.41, 5.74) is -1.68. The average Bonchev–Trinajstić information content (AvgIpc) is 2.83. The second kappa shape index (κ2) is 13.4. The molecule has 0 atom stereocenters. The molecule has 0 unspecified atom stereocenters. The van der Waals surface area contributed by atoms with E-state index >= 15 is 0 Å². The molecule has 0 spiro atoms. The Morgan fingerprint density at radius 3 is 2.35 bits per heavy atom. The number of rotatable bonds is 12. The number of ether oxygens (including phenoxy) is 4. The van der Waals surface area contributed by atoms with E-state index in [4.69, 9.17) is 25.9 Å². The number of nitrogens with zero attached hydrogens (tertiary/aromatic N) is 2. The summed E-state index contributed by atoms with van der Waals surface area (Å²) in [6.45, 7) is -0.000570. The van der Waals surface area contributed by atoms with Crippen LogP contribution < -0.4 is 4.74 Å². The van der Waals surface area contributed by atoms with Gasteiger partial charge in [-0.2, -0.15) is 13.2 Å². The van der Waals surface area contributed by atoms with Crippen LogP contribution in [0, 0.1) is 10.1 Å². The highest BCUT2D eigenvalue weighted by atomic mass is 35.5. The molecule has 0 heterocycles. The van der Waals surface area contributed by atoms with Gasteiger partial charge in [-0.25, -0.2) is 9.59 Å². The molecule has 0 radical (unpaired) electrons. The highest BCUT2D eigenvalue weighted by Crippen LogP contribution is 2.37. The lowest BCUT2D eigenvalue weighted by Gasteiger charge is -2.13. The van der Waals surface area contributed by atoms with Gasteiger partial charge in [0.05, 0.1) is 34.3 Å². The van der Waals surface area contributed by atoms with Gasteiger partial charge in [-0.05, 0) is 37.3 Å². The Morgan fingerprint density at radius 1 is 1.05 bits per heavy atom. The van der Waals surface area contributed by atoms with Crippen molar-refractivity contribution in [3.8, 4) is 11.5 Å². The van der Waals surface area contributed by atoms with Crippen molar-refractivity contribution in [2.75, 3.05) is 33.5 Å². The number of alkyl halides is 3. The zero-order valence-electron chi connectivity index (χ0n) is 19.4. The topological polar surface area (TPSA) is 136 Å². The van der Waals surface area contributed by atoms with Crippen LogP contribution in [0.15, 0.2) is 41.6 Å². The van der Waals surface area contributed by atoms with Gasteiger partial charge in [-0.3, -0.25) is 10.1 Å². The Kier molecular flexibility index (Phi) is 10.6. The molecule has 0 amide bonds. The Labute approximate surface area is 212 Å². The molecule has 37 heavy (non-hydrogen) atoms. The Morgan fingerprint density at radius 2 is 1.76 bits per heavy atom. The first kappa shape index (κ1) is 29.3. The number of benzene rings is 2. The molecule has 11 nitrogen and oxygen atoms in total. The third-order valence-corrected chi connectivity index (χ3v) is 4.55. The normalized spacial score (nSPS) is 11.6. The summed E-state index contributed by atoms with van der Waals surface area (Å²) >= 11 is 5.91. The molecule has 0 aliphatic rings. The maximum atomic E-state index is 12.9. The van der Waals surface area contributed by atoms with Crippen LogP contribution in [0.2, 0.25) is 5.02 Å². The smallest absolute Gasteiger partial charge is 0.416 e. The average molecular weight is 549 g/mol. The minimum Gasteiger partial charge on any atom is -0.463 e. The fourth-order valence-electron chi connectivity index (χ4n) is 2.69. The number of hydrogen-bond donors (Lipinski definition) is 0. The molecule has 0 aromatic heterocycles. The van der Waals surface area contributed by atoms with Crippen LogP contribution in [0.25, 0.3) is 0 Å². The van der Waals surface area contributed by atoms with Crippen molar-refractivity contribution >= 4 is 34.9 Å². The van der Waals surface area contributed by atoms with Crippen LogP contribution in [-0.2, 0) is 34.8 Å². The fraction of sp³-hybridized carbons (Fsp3) is 0.318. The first-order valence-electron chi connectivity index (χ1n) is 10.3. The van der Waals surface area contributed by atoms with Crippen LogP contribution >= 0.6 is 11.6 Å². The molecule has 15 heteroatoms. The van der Waals surface area contributed by atoms with Crippen LogP contribution in [-0.4, -0.2) is 56.1 Å². The summed E-state index contributed by atoms with van der Waals surface area (Å²) in [6, 6.07) is 5.89. The maximum Gasteiger partial charge on any atom is 0.416 e. The van der Waals surface area contributed by atoms with E-state index < -0.39 is 47.5 Å². The molecule has 0 N–H and O–H groups in total. The zero-order chi connectivity index (χ0) is 27.6. The van der Waals surface area contributed by atoms with Crippen molar-refractivity contribution < 1.29 is 51.5 Å². The summed E-state index contributed by atoms with van der Waals surface area (Å²) in [4.78, 5) is 38.7. The highest BCUT2D eigenvalue weighted by Gasteiger charge is 2.31. The van der Waals surface area contributed by atoms with Crippen LogP contribution in [0.3, 0.4) is 0 Å². The number of methoxy groups -OCH3 is 1. The van der Waals surface area contributed by atoms with Gasteiger partial charge in [-0.1, -0.05) is 16.8 Å². The molecule has 200 valence electrons. The van der Waals surface area contributed by atoms with Crippen molar-refractivity contribution in [1.29, 1.82) is 0 Å². The number of esters is 2. The minimum atomic E-state index is -4.61. The van der Waals surface area contributed by atoms with E-state index in [2.05, 4.69) is 14.6 Å². The number of carbonyl (C=O) groups is 2. The van der Waals surface area contributed by atoms with Gasteiger partial charge in [-0.15, -0.1) is 0 Å². The second-order valence-electron chi connectivity index (χ2n) is 6.89. The fourth-order valence-corrected chi connectivity index (χ4v) is 2.91. The molecule has 2 aromatic rings. The SMILES string of the molecule is CCOC(=O)COC(=O)CON=C(COC)c1cc(Oc2ccc(C(F)(F)F)cc2Cl)ccc1[N+](=O)[O-]. The van der Waals surface area contributed by atoms with Gasteiger partial charge < -0.3 is 23.8 Å². The largest absolute Gasteiger partial charge is 0.463 e. The predicted octanol–water partition coefficient (Wildman–Crippen LogP) is 4.53. The number of nitro groups is 1. The van der Waals surface area contributed by atoms with Crippen molar-refractivity contribution in [2.24, 2.45) is 5.16 Å². The zero-order valence-corrected chi connectivity index (χ0v) is 20.1. The quantitative estimate of drug-likeness (QED) is 0.162. The van der Waals surface area contributed by atoms with E-state index in [1.165, 1.54) is 19.2 Å². The van der Waals surface area contributed by atoms with E-state index in [0.29, 0.717) is 6.07 Å². The molecule has 0 saturated heterocycles. The van der Waals surface area contributed by atoms with Gasteiger partial charge in [0.2, 0.25) is 6.61 Å². The van der Waals surface area contributed by atoms with Gasteiger partial charge >= 0.3 is 18.1 Å². The lowest BCUT2D eigenvalue weighted by molar-refractivity contribution is -0.385. The third-order valence-electron chi connectivity index (χ3n) is 4.26. The minimum absolute atomic E-state index is 0.0279. The Bertz CT molecular complexity index is 1170. The van der Waals surface area contributed by atoms with Gasteiger partial charge in [0, 0.05) is 13.2 Å². The standard InChI is InChI=1S/C22H20ClF3N2O9/c1-3-34-20(29)11-35-21(30)12-36-27-17(10-33-2)15-9-14(5-6-18(15)28(31)32)37-19-7-4-13(8-16(19)23)22(24,25)26/h4-9H,3,10-12H2,1-2H3. The summed E-state index contributed by atoms with van der Waals surface area (Å²) in [7, 11) is 1.28. The first-order chi connectivity index (χ1) is 17.5. The number of halogens is 4. The van der Waals surface area contributed by atoms with Gasteiger partial charge in [0.25, 0.3) is 5.69 Å². The molecule has 0 fully saturated rings. The highest BCUT2D eigenvalue weighted by molar-refractivity contribution is 6.32. The molecule has 0 aliphatic carbocycles. The van der Waals surface area contributed by atoms with Crippen LogP contribution in [0.4, 0.5) is 18.9 Å². The maximum absolute atomic E-state index is 12.9. The van der Waals surface area contributed by atoms with Crippen molar-refractivity contribution in [3.05, 3.63) is 62.7 Å². The predicted molar refractivity (Wildman–Crippen MR) is 122 cm³/mol. The number of oxime groups is 1. The molecule has 0 bridgehead atoms. The van der Waals surface area contributed by atoms with Crippen molar-refractivity contribution in [1.82, 2.24) is 0 Å². The lowest BCUT2D eigenvalue weighted by atomic mass is 10.1. The van der Waals surface area contributed by atoms with Gasteiger partial charge in [0.1, 0.15) is 17.2 Å². The summed E-state index contributed by atoms with van der Waals surface area (Å²) < 4.78 is 58.4. The molecule has 2 rings (SSSR count). The Balaban J connectivity index is 2.26. The molecule has 0 saturated carbocycles. The first-order valence-corrected chi connectivity index (χ1v) is 10.7. The van der Waals surface area contributed by atoms with E-state index in [9.17, 15) is 32.9 Å². The lowest BCUT2D eigenvalue weighted by Crippen LogP contribution is -2.19. The number of carbonyl (C=O) groups excluding carboxylic acids is 2. The summed E-state index contributed by atoms with van der Waals surface area (Å²) in [6.07, 6.45) is -4.61. The van der Waals surface area contributed by atoms with E-state index in [-0.39, 0.29) is 41.0 Å². The monoisotopic (exact) mass is 548 g/mol. The van der Waals surface area contributed by atoms with E-state index in [0.717, 1.165) is 18.2 Å². The van der Waals surface area contributed by atoms with Crippen molar-refractivity contribution in [2.45, 2.75) is 13.1 Å². The van der Waals surface area contributed by atoms with Gasteiger partial charge in [0.15, 0.2) is 6.61 Å². The Hall–Kier alpha value is -3.91. The number of hydrogen-bond acceptors (Lipinski definition) is 10. The molecule has 0 aliphatic heterocycles. The molecular weight excluding hydrogens is 529 g/mol. The molecule has 2 aromatic carbocycles. The van der Waals surface area contributed by atoms with Crippen molar-refractivity contribution in [3.63, 3.8) is 0 Å².